The monoisotopic (exact) mass is 398 g/mol. The molecule has 1 atom stereocenters. The van der Waals surface area contributed by atoms with Gasteiger partial charge in [0, 0.05) is 25.5 Å². The van der Waals surface area contributed by atoms with Crippen LogP contribution in [0.15, 0.2) is 42.7 Å². The molecule has 1 unspecified atom stereocenters. The predicted molar refractivity (Wildman–Crippen MR) is 128 cm³/mol. The molecule has 0 fully saturated rings. The maximum atomic E-state index is 2.56. The van der Waals surface area contributed by atoms with Crippen LogP contribution in [0.5, 0.6) is 0 Å². The topological polar surface area (TPSA) is 6.48 Å². The minimum absolute atomic E-state index is 0.535. The molecule has 0 aromatic heterocycles. The van der Waals surface area contributed by atoms with Crippen molar-refractivity contribution in [1.82, 2.24) is 9.80 Å². The van der Waals surface area contributed by atoms with Gasteiger partial charge in [-0.2, -0.15) is 0 Å². The van der Waals surface area contributed by atoms with E-state index >= 15 is 0 Å². The predicted octanol–water partition coefficient (Wildman–Crippen LogP) is 8.10. The number of hydrogen-bond donors (Lipinski definition) is 0. The molecule has 2 nitrogen and oxygen atoms in total. The molecule has 0 aliphatic carbocycles. The largest absolute Gasteiger partial charge is 0.356 e. The van der Waals surface area contributed by atoms with E-state index < -0.39 is 0 Å². The Morgan fingerprint density at radius 1 is 0.621 bits per heavy atom. The highest BCUT2D eigenvalue weighted by molar-refractivity contribution is 5.15. The van der Waals surface area contributed by atoms with Crippen LogP contribution in [0.4, 0.5) is 0 Å². The van der Waals surface area contributed by atoms with Crippen LogP contribution in [0.1, 0.15) is 109 Å². The highest BCUT2D eigenvalue weighted by atomic mass is 15.4. The molecule has 0 radical (unpaired) electrons. The van der Waals surface area contributed by atoms with Crippen molar-refractivity contribution in [3.63, 3.8) is 0 Å². The maximum Gasteiger partial charge on any atom is 0.101 e. The third-order valence-corrected chi connectivity index (χ3v) is 6.31. The van der Waals surface area contributed by atoms with E-state index in [-0.39, 0.29) is 0 Å². The summed E-state index contributed by atoms with van der Waals surface area (Å²) in [6, 6.07) is 10.8. The number of hydrogen-bond acceptors (Lipinski definition) is 2. The first-order valence-corrected chi connectivity index (χ1v) is 12.6. The average molecular weight is 399 g/mol. The summed E-state index contributed by atoms with van der Waals surface area (Å²) in [5.74, 6) is 0. The Hall–Kier alpha value is -1.44. The van der Waals surface area contributed by atoms with Gasteiger partial charge in [0.05, 0.1) is 0 Å². The summed E-state index contributed by atoms with van der Waals surface area (Å²) in [4.78, 5) is 5.05. The Labute approximate surface area is 181 Å². The Morgan fingerprint density at radius 3 is 1.69 bits per heavy atom. The molecule has 0 spiro atoms. The molecule has 1 heterocycles. The zero-order chi connectivity index (χ0) is 20.6. The smallest absolute Gasteiger partial charge is 0.101 e. The van der Waals surface area contributed by atoms with Crippen LogP contribution in [0, 0.1) is 0 Å². The minimum Gasteiger partial charge on any atom is -0.356 e. The molecule has 0 saturated heterocycles. The average Bonchev–Trinajstić information content (AvgIpc) is 3.13. The first kappa shape index (κ1) is 23.8. The van der Waals surface area contributed by atoms with Gasteiger partial charge in [-0.1, -0.05) is 121 Å². The van der Waals surface area contributed by atoms with Crippen molar-refractivity contribution in [2.24, 2.45) is 0 Å². The minimum atomic E-state index is 0.535. The quantitative estimate of drug-likeness (QED) is 0.244. The third-order valence-electron chi connectivity index (χ3n) is 6.31. The summed E-state index contributed by atoms with van der Waals surface area (Å²) in [5, 5.41) is 0. The Morgan fingerprint density at radius 2 is 1.14 bits per heavy atom. The molecule has 0 bridgehead atoms. The summed E-state index contributed by atoms with van der Waals surface area (Å²) in [5.41, 5.74) is 1.40. The first-order chi connectivity index (χ1) is 14.3. The van der Waals surface area contributed by atoms with Crippen molar-refractivity contribution in [2.45, 2.75) is 116 Å². The molecule has 2 heteroatoms. The van der Waals surface area contributed by atoms with Crippen molar-refractivity contribution in [3.05, 3.63) is 48.3 Å². The molecule has 1 aliphatic rings. The maximum absolute atomic E-state index is 2.56. The van der Waals surface area contributed by atoms with Gasteiger partial charge in [-0.05, 0) is 18.4 Å². The van der Waals surface area contributed by atoms with Crippen LogP contribution < -0.4 is 0 Å². The zero-order valence-corrected chi connectivity index (χ0v) is 19.3. The van der Waals surface area contributed by atoms with Crippen molar-refractivity contribution >= 4 is 0 Å². The molecule has 1 aromatic rings. The van der Waals surface area contributed by atoms with Gasteiger partial charge in [0.25, 0.3) is 0 Å². The van der Waals surface area contributed by atoms with Crippen molar-refractivity contribution in [1.29, 1.82) is 0 Å². The van der Waals surface area contributed by atoms with Crippen LogP contribution in [-0.4, -0.2) is 22.5 Å². The second kappa shape index (κ2) is 15.4. The van der Waals surface area contributed by atoms with Gasteiger partial charge in [-0.25, -0.2) is 0 Å². The standard InChI is InChI=1S/C27H46N2/c1-3-5-6-7-8-9-10-11-12-13-14-15-19-22-28-23-24-29(27(28)4-2)25-26-20-17-16-18-21-26/h16-18,20-21,23-24,27H,3-15,19,22,25H2,1-2H3. The van der Waals surface area contributed by atoms with Crippen molar-refractivity contribution in [3.8, 4) is 0 Å². The lowest BCUT2D eigenvalue weighted by Crippen LogP contribution is -2.38. The van der Waals surface area contributed by atoms with E-state index in [0.717, 1.165) is 6.54 Å². The van der Waals surface area contributed by atoms with E-state index in [1.165, 1.54) is 102 Å². The summed E-state index contributed by atoms with van der Waals surface area (Å²) >= 11 is 0. The lowest BCUT2D eigenvalue weighted by atomic mass is 10.0. The summed E-state index contributed by atoms with van der Waals surface area (Å²) in [7, 11) is 0. The lowest BCUT2D eigenvalue weighted by Gasteiger charge is -2.32. The summed E-state index contributed by atoms with van der Waals surface area (Å²) < 4.78 is 0. The lowest BCUT2D eigenvalue weighted by molar-refractivity contribution is 0.140. The molecule has 0 N–H and O–H groups in total. The van der Waals surface area contributed by atoms with Crippen molar-refractivity contribution < 1.29 is 0 Å². The summed E-state index contributed by atoms with van der Waals surface area (Å²) in [6.07, 6.45) is 24.9. The molecule has 164 valence electrons. The molecular weight excluding hydrogens is 352 g/mol. The SMILES string of the molecule is CCCCCCCCCCCCCCCN1C=CN(Cc2ccccc2)C1CC. The van der Waals surface area contributed by atoms with E-state index in [0.29, 0.717) is 6.17 Å². The first-order valence-electron chi connectivity index (χ1n) is 12.6. The highest BCUT2D eigenvalue weighted by Gasteiger charge is 2.23. The van der Waals surface area contributed by atoms with Crippen LogP contribution in [0.2, 0.25) is 0 Å². The molecular formula is C27H46N2. The van der Waals surface area contributed by atoms with Gasteiger partial charge in [0.1, 0.15) is 6.17 Å². The van der Waals surface area contributed by atoms with Crippen LogP contribution in [-0.2, 0) is 6.54 Å². The normalized spacial score (nSPS) is 16.1. The second-order valence-electron chi connectivity index (χ2n) is 8.83. The van der Waals surface area contributed by atoms with Crippen LogP contribution >= 0.6 is 0 Å². The van der Waals surface area contributed by atoms with Crippen LogP contribution in [0.25, 0.3) is 0 Å². The van der Waals surface area contributed by atoms with E-state index in [2.05, 4.69) is 66.4 Å². The zero-order valence-electron chi connectivity index (χ0n) is 19.3. The highest BCUT2D eigenvalue weighted by Crippen LogP contribution is 2.22. The number of unbranched alkanes of at least 4 members (excludes halogenated alkanes) is 12. The number of benzene rings is 1. The van der Waals surface area contributed by atoms with Crippen molar-refractivity contribution in [2.75, 3.05) is 6.54 Å². The van der Waals surface area contributed by atoms with Gasteiger partial charge in [-0.3, -0.25) is 0 Å². The van der Waals surface area contributed by atoms with Gasteiger partial charge in [0.15, 0.2) is 0 Å². The number of nitrogens with zero attached hydrogens (tertiary/aromatic N) is 2. The van der Waals surface area contributed by atoms with Gasteiger partial charge >= 0.3 is 0 Å². The van der Waals surface area contributed by atoms with Crippen LogP contribution in [0.3, 0.4) is 0 Å². The molecule has 0 amide bonds. The third kappa shape index (κ3) is 9.74. The second-order valence-corrected chi connectivity index (χ2v) is 8.83. The Bertz CT molecular complexity index is 525. The fraction of sp³-hybridized carbons (Fsp3) is 0.704. The van der Waals surface area contributed by atoms with E-state index in [4.69, 9.17) is 0 Å². The molecule has 29 heavy (non-hydrogen) atoms. The van der Waals surface area contributed by atoms with E-state index in [9.17, 15) is 0 Å². The van der Waals surface area contributed by atoms with Gasteiger partial charge in [-0.15, -0.1) is 0 Å². The molecule has 2 rings (SSSR count). The van der Waals surface area contributed by atoms with E-state index in [1.54, 1.807) is 0 Å². The molecule has 0 saturated carbocycles. The van der Waals surface area contributed by atoms with Gasteiger partial charge < -0.3 is 9.80 Å². The number of rotatable bonds is 17. The van der Waals surface area contributed by atoms with Gasteiger partial charge in [0.2, 0.25) is 0 Å². The fourth-order valence-electron chi connectivity index (χ4n) is 4.52. The van der Waals surface area contributed by atoms with E-state index in [1.807, 2.05) is 0 Å². The fourth-order valence-corrected chi connectivity index (χ4v) is 4.52. The molecule has 1 aromatic carbocycles. The Kier molecular flexibility index (Phi) is 12.7. The summed E-state index contributed by atoms with van der Waals surface area (Å²) in [6.45, 7) is 6.83. The Balaban J connectivity index is 1.46. The molecule has 1 aliphatic heterocycles.